The summed E-state index contributed by atoms with van der Waals surface area (Å²) in [5.74, 6) is 0.916. The van der Waals surface area contributed by atoms with Gasteiger partial charge in [-0.05, 0) is 18.6 Å². The molecule has 0 fully saturated rings. The van der Waals surface area contributed by atoms with Gasteiger partial charge in [0.2, 0.25) is 0 Å². The standard InChI is InChI=1S/C13H20N2O/c1-3-4-6-10-9-14-13-11(15-10)7-5-8-12(13)16-2/h5,7-8,10,14-15H,3-4,6,9H2,1-2H3. The van der Waals surface area contributed by atoms with Gasteiger partial charge in [0.15, 0.2) is 0 Å². The molecule has 1 aliphatic heterocycles. The highest BCUT2D eigenvalue weighted by Gasteiger charge is 2.18. The number of rotatable bonds is 4. The lowest BCUT2D eigenvalue weighted by Gasteiger charge is -2.29. The Kier molecular flexibility index (Phi) is 3.54. The van der Waals surface area contributed by atoms with Gasteiger partial charge in [0.05, 0.1) is 12.8 Å². The highest BCUT2D eigenvalue weighted by atomic mass is 16.5. The molecule has 88 valence electrons. The number of anilines is 2. The molecule has 3 heteroatoms. The van der Waals surface area contributed by atoms with Gasteiger partial charge in [0, 0.05) is 12.6 Å². The first-order chi connectivity index (χ1) is 7.85. The maximum Gasteiger partial charge on any atom is 0.144 e. The lowest BCUT2D eigenvalue weighted by molar-refractivity contribution is 0.416. The molecule has 0 aromatic heterocycles. The molecule has 0 spiro atoms. The van der Waals surface area contributed by atoms with Gasteiger partial charge in [-0.2, -0.15) is 0 Å². The van der Waals surface area contributed by atoms with Crippen molar-refractivity contribution in [3.63, 3.8) is 0 Å². The number of hydrogen-bond donors (Lipinski definition) is 2. The molecule has 1 unspecified atom stereocenters. The zero-order chi connectivity index (χ0) is 11.4. The monoisotopic (exact) mass is 220 g/mol. The predicted octanol–water partition coefficient (Wildman–Crippen LogP) is 3.09. The van der Waals surface area contributed by atoms with E-state index in [1.165, 1.54) is 19.3 Å². The highest BCUT2D eigenvalue weighted by Crippen LogP contribution is 2.35. The Morgan fingerprint density at radius 2 is 2.31 bits per heavy atom. The summed E-state index contributed by atoms with van der Waals surface area (Å²) >= 11 is 0. The van der Waals surface area contributed by atoms with E-state index in [4.69, 9.17) is 4.74 Å². The quantitative estimate of drug-likeness (QED) is 0.818. The maximum absolute atomic E-state index is 5.33. The zero-order valence-corrected chi connectivity index (χ0v) is 10.0. The Bertz CT molecular complexity index is 352. The van der Waals surface area contributed by atoms with E-state index in [0.717, 1.165) is 23.7 Å². The minimum Gasteiger partial charge on any atom is -0.495 e. The van der Waals surface area contributed by atoms with Crippen molar-refractivity contribution in [2.45, 2.75) is 32.2 Å². The molecule has 0 radical (unpaired) electrons. The summed E-state index contributed by atoms with van der Waals surface area (Å²) in [6, 6.07) is 6.65. The summed E-state index contributed by atoms with van der Waals surface area (Å²) in [4.78, 5) is 0. The van der Waals surface area contributed by atoms with Gasteiger partial charge in [0.25, 0.3) is 0 Å². The SMILES string of the molecule is CCCCC1CNc2c(cccc2OC)N1. The molecule has 16 heavy (non-hydrogen) atoms. The fraction of sp³-hybridized carbons (Fsp3) is 0.538. The van der Waals surface area contributed by atoms with Gasteiger partial charge in [-0.3, -0.25) is 0 Å². The number of para-hydroxylation sites is 1. The molecule has 1 heterocycles. The Labute approximate surface area is 97.2 Å². The molecule has 1 aromatic carbocycles. The van der Waals surface area contributed by atoms with Crippen LogP contribution in [0.15, 0.2) is 18.2 Å². The fourth-order valence-electron chi connectivity index (χ4n) is 2.12. The average Bonchev–Trinajstić information content (AvgIpc) is 2.35. The molecule has 2 N–H and O–H groups in total. The van der Waals surface area contributed by atoms with Crippen LogP contribution in [0.25, 0.3) is 0 Å². The summed E-state index contributed by atoms with van der Waals surface area (Å²) < 4.78 is 5.33. The highest BCUT2D eigenvalue weighted by molar-refractivity contribution is 5.77. The third-order valence-electron chi connectivity index (χ3n) is 3.04. The Morgan fingerprint density at radius 1 is 1.44 bits per heavy atom. The molecule has 1 atom stereocenters. The smallest absolute Gasteiger partial charge is 0.144 e. The minimum absolute atomic E-state index is 0.541. The first kappa shape index (κ1) is 11.1. The van der Waals surface area contributed by atoms with Crippen LogP contribution in [0.5, 0.6) is 5.75 Å². The molecule has 0 saturated carbocycles. The zero-order valence-electron chi connectivity index (χ0n) is 10.0. The van der Waals surface area contributed by atoms with E-state index < -0.39 is 0 Å². The van der Waals surface area contributed by atoms with Crippen LogP contribution in [-0.4, -0.2) is 19.7 Å². The van der Waals surface area contributed by atoms with E-state index >= 15 is 0 Å². The van der Waals surface area contributed by atoms with Crippen molar-refractivity contribution in [1.29, 1.82) is 0 Å². The van der Waals surface area contributed by atoms with Crippen LogP contribution < -0.4 is 15.4 Å². The van der Waals surface area contributed by atoms with Crippen molar-refractivity contribution in [2.24, 2.45) is 0 Å². The third kappa shape index (κ3) is 2.23. The second-order valence-electron chi connectivity index (χ2n) is 4.25. The van der Waals surface area contributed by atoms with Gasteiger partial charge in [0.1, 0.15) is 11.4 Å². The topological polar surface area (TPSA) is 33.3 Å². The van der Waals surface area contributed by atoms with Crippen LogP contribution >= 0.6 is 0 Å². The Balaban J connectivity index is 2.09. The van der Waals surface area contributed by atoms with Crippen LogP contribution in [0.4, 0.5) is 11.4 Å². The second-order valence-corrected chi connectivity index (χ2v) is 4.25. The molecular weight excluding hydrogens is 200 g/mol. The third-order valence-corrected chi connectivity index (χ3v) is 3.04. The van der Waals surface area contributed by atoms with Crippen molar-refractivity contribution in [1.82, 2.24) is 0 Å². The molecule has 0 amide bonds. The van der Waals surface area contributed by atoms with Crippen molar-refractivity contribution in [2.75, 3.05) is 24.3 Å². The largest absolute Gasteiger partial charge is 0.495 e. The number of hydrogen-bond acceptors (Lipinski definition) is 3. The normalized spacial score (nSPS) is 18.2. The Morgan fingerprint density at radius 3 is 3.06 bits per heavy atom. The first-order valence-corrected chi connectivity index (χ1v) is 6.02. The molecule has 2 rings (SSSR count). The van der Waals surface area contributed by atoms with Gasteiger partial charge in [-0.15, -0.1) is 0 Å². The van der Waals surface area contributed by atoms with Crippen molar-refractivity contribution < 1.29 is 4.74 Å². The van der Waals surface area contributed by atoms with Crippen LogP contribution in [0.1, 0.15) is 26.2 Å². The lowest BCUT2D eigenvalue weighted by atomic mass is 10.1. The fourth-order valence-corrected chi connectivity index (χ4v) is 2.12. The van der Waals surface area contributed by atoms with Gasteiger partial charge >= 0.3 is 0 Å². The summed E-state index contributed by atoms with van der Waals surface area (Å²) in [6.07, 6.45) is 3.75. The summed E-state index contributed by atoms with van der Waals surface area (Å²) in [6.45, 7) is 3.21. The van der Waals surface area contributed by atoms with Gasteiger partial charge < -0.3 is 15.4 Å². The van der Waals surface area contributed by atoms with E-state index in [1.807, 2.05) is 12.1 Å². The second kappa shape index (κ2) is 5.10. The number of ether oxygens (including phenoxy) is 1. The minimum atomic E-state index is 0.541. The van der Waals surface area contributed by atoms with E-state index in [0.29, 0.717) is 6.04 Å². The van der Waals surface area contributed by atoms with Crippen molar-refractivity contribution in [3.8, 4) is 5.75 Å². The van der Waals surface area contributed by atoms with E-state index in [2.05, 4.69) is 23.6 Å². The number of unbranched alkanes of at least 4 members (excludes halogenated alkanes) is 1. The van der Waals surface area contributed by atoms with Gasteiger partial charge in [-0.25, -0.2) is 0 Å². The number of methoxy groups -OCH3 is 1. The maximum atomic E-state index is 5.33. The van der Waals surface area contributed by atoms with Crippen LogP contribution in [-0.2, 0) is 0 Å². The first-order valence-electron chi connectivity index (χ1n) is 6.02. The van der Waals surface area contributed by atoms with E-state index in [1.54, 1.807) is 7.11 Å². The van der Waals surface area contributed by atoms with Crippen LogP contribution in [0.3, 0.4) is 0 Å². The van der Waals surface area contributed by atoms with Crippen molar-refractivity contribution >= 4 is 11.4 Å². The van der Waals surface area contributed by atoms with E-state index in [-0.39, 0.29) is 0 Å². The summed E-state index contributed by atoms with van der Waals surface area (Å²) in [7, 11) is 1.71. The molecule has 3 nitrogen and oxygen atoms in total. The molecule has 1 aliphatic rings. The van der Waals surface area contributed by atoms with Crippen LogP contribution in [0.2, 0.25) is 0 Å². The number of nitrogens with one attached hydrogen (secondary N) is 2. The number of benzene rings is 1. The predicted molar refractivity (Wildman–Crippen MR) is 68.4 cm³/mol. The number of fused-ring (bicyclic) bond motifs is 1. The molecular formula is C13H20N2O. The Hall–Kier alpha value is -1.38. The summed E-state index contributed by atoms with van der Waals surface area (Å²) in [5, 5.41) is 7.02. The van der Waals surface area contributed by atoms with Crippen molar-refractivity contribution in [3.05, 3.63) is 18.2 Å². The van der Waals surface area contributed by atoms with E-state index in [9.17, 15) is 0 Å². The van der Waals surface area contributed by atoms with Gasteiger partial charge in [-0.1, -0.05) is 25.8 Å². The lowest BCUT2D eigenvalue weighted by Crippen LogP contribution is -2.33. The summed E-state index contributed by atoms with van der Waals surface area (Å²) in [5.41, 5.74) is 2.25. The molecule has 0 bridgehead atoms. The average molecular weight is 220 g/mol. The van der Waals surface area contributed by atoms with Crippen LogP contribution in [0, 0.1) is 0 Å². The molecule has 0 aliphatic carbocycles. The molecule has 0 saturated heterocycles. The molecule has 1 aromatic rings.